The van der Waals surface area contributed by atoms with E-state index in [9.17, 15) is 5.11 Å². The van der Waals surface area contributed by atoms with E-state index in [0.29, 0.717) is 13.2 Å². The highest BCUT2D eigenvalue weighted by Gasteiger charge is 2.14. The molecule has 2 aromatic heterocycles. The second kappa shape index (κ2) is 11.3. The van der Waals surface area contributed by atoms with Gasteiger partial charge in [-0.3, -0.25) is 0 Å². The molecule has 0 bridgehead atoms. The molecule has 1 N–H and O–H groups in total. The zero-order valence-electron chi connectivity index (χ0n) is 21.4. The van der Waals surface area contributed by atoms with Gasteiger partial charge in [-0.25, -0.2) is 9.97 Å². The molecule has 0 saturated heterocycles. The van der Waals surface area contributed by atoms with Gasteiger partial charge in [0.15, 0.2) is 0 Å². The number of aliphatic hydroxyl groups excluding tert-OH is 1. The van der Waals surface area contributed by atoms with Crippen molar-refractivity contribution in [2.75, 3.05) is 6.61 Å². The van der Waals surface area contributed by atoms with Crippen LogP contribution < -0.4 is 9.47 Å². The van der Waals surface area contributed by atoms with Gasteiger partial charge in [-0.05, 0) is 59.7 Å². The second-order valence-electron chi connectivity index (χ2n) is 9.44. The van der Waals surface area contributed by atoms with Crippen LogP contribution in [0.4, 0.5) is 0 Å². The number of aromatic nitrogens is 2. The van der Waals surface area contributed by atoms with Gasteiger partial charge in [0.05, 0.1) is 29.0 Å². The minimum atomic E-state index is -0.141. The van der Waals surface area contributed by atoms with Crippen LogP contribution in [0, 0.1) is 0 Å². The van der Waals surface area contributed by atoms with Gasteiger partial charge < -0.3 is 14.6 Å². The van der Waals surface area contributed by atoms with Crippen LogP contribution in [0.1, 0.15) is 28.4 Å². The molecular formula is C34H28N2O3. The summed E-state index contributed by atoms with van der Waals surface area (Å²) >= 11 is 0. The lowest BCUT2D eigenvalue weighted by Gasteiger charge is -2.17. The summed E-state index contributed by atoms with van der Waals surface area (Å²) in [6, 6.07) is 39.9. The first kappa shape index (κ1) is 24.6. The van der Waals surface area contributed by atoms with Gasteiger partial charge in [-0.1, -0.05) is 72.8 Å². The number of benzene rings is 4. The van der Waals surface area contributed by atoms with Crippen LogP contribution in [0.15, 0.2) is 121 Å². The molecule has 6 aromatic rings. The predicted octanol–water partition coefficient (Wildman–Crippen LogP) is 7.07. The van der Waals surface area contributed by atoms with Gasteiger partial charge in [0.2, 0.25) is 0 Å². The highest BCUT2D eigenvalue weighted by Crippen LogP contribution is 2.28. The first-order valence-electron chi connectivity index (χ1n) is 13.0. The number of aliphatic hydroxyl groups is 1. The summed E-state index contributed by atoms with van der Waals surface area (Å²) in [7, 11) is 0. The number of hydrogen-bond acceptors (Lipinski definition) is 5. The highest BCUT2D eigenvalue weighted by molar-refractivity contribution is 5.79. The molecule has 2 heterocycles. The van der Waals surface area contributed by atoms with Gasteiger partial charge in [0.25, 0.3) is 0 Å². The third-order valence-corrected chi connectivity index (χ3v) is 6.83. The zero-order valence-corrected chi connectivity index (χ0v) is 21.4. The van der Waals surface area contributed by atoms with E-state index < -0.39 is 0 Å². The Morgan fingerprint density at radius 1 is 0.513 bits per heavy atom. The normalized spacial score (nSPS) is 11.2. The Morgan fingerprint density at radius 2 is 0.949 bits per heavy atom. The highest BCUT2D eigenvalue weighted by atomic mass is 16.5. The predicted molar refractivity (Wildman–Crippen MR) is 154 cm³/mol. The summed E-state index contributed by atoms with van der Waals surface area (Å²) in [5.41, 5.74) is 5.71. The third-order valence-electron chi connectivity index (χ3n) is 6.83. The maximum absolute atomic E-state index is 10.2. The van der Waals surface area contributed by atoms with E-state index in [2.05, 4.69) is 22.1 Å². The molecule has 39 heavy (non-hydrogen) atoms. The van der Waals surface area contributed by atoms with Crippen LogP contribution >= 0.6 is 0 Å². The first-order chi connectivity index (χ1) is 19.2. The Morgan fingerprint density at radius 3 is 1.38 bits per heavy atom. The standard InChI is InChI=1S/C34H28N2O3/c37-21-32(24-11-17-30(18-12-24)38-22-28-15-9-26-5-1-3-7-33(26)35-28)25-13-19-31(20-14-25)39-23-29-16-10-27-6-2-4-8-34(27)36-29/h1-20,32,37H,21-23H2. The number of ether oxygens (including phenoxy) is 2. The fraction of sp³-hybridized carbons (Fsp3) is 0.118. The average Bonchev–Trinajstić information content (AvgIpc) is 3.00. The molecule has 5 nitrogen and oxygen atoms in total. The Hall–Kier alpha value is -4.74. The summed E-state index contributed by atoms with van der Waals surface area (Å²) in [6.45, 7) is 0.788. The summed E-state index contributed by atoms with van der Waals surface area (Å²) in [5.74, 6) is 1.38. The van der Waals surface area contributed by atoms with Crippen LogP contribution in [0.25, 0.3) is 21.8 Å². The van der Waals surface area contributed by atoms with Gasteiger partial charge in [-0.2, -0.15) is 0 Å². The van der Waals surface area contributed by atoms with E-state index in [1.54, 1.807) is 0 Å². The quantitative estimate of drug-likeness (QED) is 0.225. The van der Waals surface area contributed by atoms with E-state index in [-0.39, 0.29) is 12.5 Å². The minimum Gasteiger partial charge on any atom is -0.487 e. The molecule has 6 rings (SSSR count). The fourth-order valence-corrected chi connectivity index (χ4v) is 4.69. The van der Waals surface area contributed by atoms with E-state index in [1.807, 2.05) is 109 Å². The van der Waals surface area contributed by atoms with Crippen LogP contribution in [-0.4, -0.2) is 21.7 Å². The van der Waals surface area contributed by atoms with Crippen molar-refractivity contribution < 1.29 is 14.6 Å². The van der Waals surface area contributed by atoms with Crippen molar-refractivity contribution in [1.82, 2.24) is 9.97 Å². The Bertz CT molecular complexity index is 1570. The third kappa shape index (κ3) is 5.74. The molecule has 0 aliphatic heterocycles. The van der Waals surface area contributed by atoms with Crippen molar-refractivity contribution in [2.24, 2.45) is 0 Å². The summed E-state index contributed by atoms with van der Waals surface area (Å²) in [6.07, 6.45) is 0. The molecule has 0 fully saturated rings. The molecule has 0 amide bonds. The van der Waals surface area contributed by atoms with Crippen LogP contribution in [0.2, 0.25) is 0 Å². The van der Waals surface area contributed by atoms with Gasteiger partial charge in [0, 0.05) is 16.7 Å². The lowest BCUT2D eigenvalue weighted by atomic mass is 9.92. The van der Waals surface area contributed by atoms with Crippen LogP contribution in [0.3, 0.4) is 0 Å². The van der Waals surface area contributed by atoms with Crippen molar-refractivity contribution in [3.05, 3.63) is 144 Å². The summed E-state index contributed by atoms with van der Waals surface area (Å²) < 4.78 is 11.9. The Balaban J connectivity index is 1.07. The van der Waals surface area contributed by atoms with Crippen LogP contribution in [0.5, 0.6) is 11.5 Å². The lowest BCUT2D eigenvalue weighted by Crippen LogP contribution is -2.06. The fourth-order valence-electron chi connectivity index (χ4n) is 4.69. The SMILES string of the molecule is OCC(c1ccc(OCc2ccc3ccccc3n2)cc1)c1ccc(OCc2ccc3ccccc3n2)cc1. The monoisotopic (exact) mass is 512 g/mol. The minimum absolute atomic E-state index is 0.00241. The molecule has 0 aliphatic rings. The lowest BCUT2D eigenvalue weighted by molar-refractivity contribution is 0.279. The number of rotatable bonds is 9. The smallest absolute Gasteiger partial charge is 0.130 e. The van der Waals surface area contributed by atoms with E-state index in [0.717, 1.165) is 55.8 Å². The zero-order chi connectivity index (χ0) is 26.4. The topological polar surface area (TPSA) is 64.5 Å². The Labute approximate surface area is 227 Å². The molecule has 0 radical (unpaired) electrons. The second-order valence-corrected chi connectivity index (χ2v) is 9.44. The van der Waals surface area contributed by atoms with Gasteiger partial charge >= 0.3 is 0 Å². The van der Waals surface area contributed by atoms with E-state index in [1.165, 1.54) is 0 Å². The molecule has 0 spiro atoms. The molecule has 5 heteroatoms. The van der Waals surface area contributed by atoms with Crippen molar-refractivity contribution in [3.63, 3.8) is 0 Å². The summed E-state index contributed by atoms with van der Waals surface area (Å²) in [5, 5.41) is 12.4. The van der Waals surface area contributed by atoms with Crippen LogP contribution in [-0.2, 0) is 13.2 Å². The van der Waals surface area contributed by atoms with Gasteiger partial charge in [0.1, 0.15) is 24.7 Å². The van der Waals surface area contributed by atoms with E-state index >= 15 is 0 Å². The Kier molecular flexibility index (Phi) is 7.15. The number of para-hydroxylation sites is 2. The molecule has 192 valence electrons. The molecule has 0 atom stereocenters. The number of pyridine rings is 2. The van der Waals surface area contributed by atoms with Gasteiger partial charge in [-0.15, -0.1) is 0 Å². The number of hydrogen-bond donors (Lipinski definition) is 1. The number of fused-ring (bicyclic) bond motifs is 2. The maximum atomic E-state index is 10.2. The molecule has 4 aromatic carbocycles. The van der Waals surface area contributed by atoms with Crippen molar-refractivity contribution in [2.45, 2.75) is 19.1 Å². The maximum Gasteiger partial charge on any atom is 0.130 e. The van der Waals surface area contributed by atoms with Crippen molar-refractivity contribution >= 4 is 21.8 Å². The molecular weight excluding hydrogens is 484 g/mol. The molecule has 0 aliphatic carbocycles. The van der Waals surface area contributed by atoms with E-state index in [4.69, 9.17) is 9.47 Å². The summed E-state index contributed by atoms with van der Waals surface area (Å²) in [4.78, 5) is 9.33. The first-order valence-corrected chi connectivity index (χ1v) is 13.0. The van der Waals surface area contributed by atoms with Crippen molar-refractivity contribution in [3.8, 4) is 11.5 Å². The van der Waals surface area contributed by atoms with Crippen molar-refractivity contribution in [1.29, 1.82) is 0 Å². The molecule has 0 unspecified atom stereocenters. The number of nitrogens with zero attached hydrogens (tertiary/aromatic N) is 2. The molecule has 0 saturated carbocycles. The average molecular weight is 513 g/mol. The largest absolute Gasteiger partial charge is 0.487 e.